The van der Waals surface area contributed by atoms with E-state index in [0.29, 0.717) is 0 Å². The third-order valence-corrected chi connectivity index (χ3v) is 4.61. The zero-order valence-corrected chi connectivity index (χ0v) is 12.9. The first-order valence-electron chi connectivity index (χ1n) is 7.09. The van der Waals surface area contributed by atoms with Gasteiger partial charge in [-0.25, -0.2) is 4.98 Å². The average molecular weight is 291 g/mol. The van der Waals surface area contributed by atoms with Gasteiger partial charge in [0.2, 0.25) is 0 Å². The lowest BCUT2D eigenvalue weighted by Gasteiger charge is -2.21. The van der Waals surface area contributed by atoms with Gasteiger partial charge >= 0.3 is 0 Å². The summed E-state index contributed by atoms with van der Waals surface area (Å²) in [7, 11) is 2.05. The standard InChI is InChI=1S/C15H21N3OS/c1-10-17-13-8-14(12(16)7-15(13)20-10)18(2)5-6-19-9-11-3-4-11/h7-8,11H,3-6,9,16H2,1-2H3. The van der Waals surface area contributed by atoms with Crippen LogP contribution >= 0.6 is 11.3 Å². The van der Waals surface area contributed by atoms with E-state index in [0.717, 1.165) is 52.3 Å². The Morgan fingerprint density at radius 1 is 1.45 bits per heavy atom. The van der Waals surface area contributed by atoms with Gasteiger partial charge < -0.3 is 15.4 Å². The molecule has 0 unspecified atom stereocenters. The van der Waals surface area contributed by atoms with Crippen molar-refractivity contribution in [3.05, 3.63) is 17.1 Å². The second-order valence-electron chi connectivity index (χ2n) is 5.55. The van der Waals surface area contributed by atoms with Crippen LogP contribution in [0.15, 0.2) is 12.1 Å². The minimum absolute atomic E-state index is 0.751. The Morgan fingerprint density at radius 3 is 3.00 bits per heavy atom. The summed E-state index contributed by atoms with van der Waals surface area (Å²) >= 11 is 1.68. The van der Waals surface area contributed by atoms with E-state index in [2.05, 4.69) is 23.0 Å². The van der Waals surface area contributed by atoms with Crippen LogP contribution in [0, 0.1) is 12.8 Å². The van der Waals surface area contributed by atoms with E-state index in [9.17, 15) is 0 Å². The molecule has 0 bridgehead atoms. The predicted octanol–water partition coefficient (Wildman–Crippen LogP) is 3.05. The molecular formula is C15H21N3OS. The maximum atomic E-state index is 6.16. The molecule has 1 heterocycles. The molecule has 1 aromatic heterocycles. The van der Waals surface area contributed by atoms with Crippen LogP contribution in [0.25, 0.3) is 10.2 Å². The Morgan fingerprint density at radius 2 is 2.25 bits per heavy atom. The number of rotatable bonds is 6. The fourth-order valence-corrected chi connectivity index (χ4v) is 3.14. The summed E-state index contributed by atoms with van der Waals surface area (Å²) in [5, 5.41) is 1.08. The lowest BCUT2D eigenvalue weighted by atomic mass is 10.2. The van der Waals surface area contributed by atoms with Gasteiger partial charge in [0.05, 0.1) is 33.2 Å². The predicted molar refractivity (Wildman–Crippen MR) is 85.6 cm³/mol. The number of hydrogen-bond donors (Lipinski definition) is 1. The Balaban J connectivity index is 1.65. The summed E-state index contributed by atoms with van der Waals surface area (Å²) in [5.41, 5.74) is 9.04. The number of nitrogens with two attached hydrogens (primary N) is 1. The van der Waals surface area contributed by atoms with Crippen molar-refractivity contribution in [2.45, 2.75) is 19.8 Å². The molecular weight excluding hydrogens is 270 g/mol. The van der Waals surface area contributed by atoms with Crippen molar-refractivity contribution in [1.29, 1.82) is 0 Å². The maximum Gasteiger partial charge on any atom is 0.0907 e. The van der Waals surface area contributed by atoms with Gasteiger partial charge in [0, 0.05) is 20.2 Å². The quantitative estimate of drug-likeness (QED) is 0.656. The highest BCUT2D eigenvalue weighted by atomic mass is 32.1. The van der Waals surface area contributed by atoms with Crippen molar-refractivity contribution in [2.24, 2.45) is 5.92 Å². The largest absolute Gasteiger partial charge is 0.397 e. The van der Waals surface area contributed by atoms with Crippen LogP contribution < -0.4 is 10.6 Å². The third kappa shape index (κ3) is 3.04. The van der Waals surface area contributed by atoms with Crippen LogP contribution in [0.4, 0.5) is 11.4 Å². The van der Waals surface area contributed by atoms with Crippen LogP contribution in [0.2, 0.25) is 0 Å². The number of fused-ring (bicyclic) bond motifs is 1. The zero-order valence-electron chi connectivity index (χ0n) is 12.1. The molecule has 4 nitrogen and oxygen atoms in total. The maximum absolute atomic E-state index is 6.16. The molecule has 2 N–H and O–H groups in total. The fraction of sp³-hybridized carbons (Fsp3) is 0.533. The zero-order chi connectivity index (χ0) is 14.1. The van der Waals surface area contributed by atoms with Gasteiger partial charge in [0.25, 0.3) is 0 Å². The first-order valence-corrected chi connectivity index (χ1v) is 7.90. The molecule has 0 amide bonds. The molecule has 2 aromatic rings. The first kappa shape index (κ1) is 13.6. The van der Waals surface area contributed by atoms with Crippen molar-refractivity contribution < 1.29 is 4.74 Å². The summed E-state index contributed by atoms with van der Waals surface area (Å²) in [4.78, 5) is 6.68. The Hall–Kier alpha value is -1.33. The molecule has 0 aliphatic heterocycles. The number of likely N-dealkylation sites (N-methyl/N-ethyl adjacent to an activating group) is 1. The highest BCUT2D eigenvalue weighted by molar-refractivity contribution is 7.18. The molecule has 1 aliphatic rings. The van der Waals surface area contributed by atoms with Crippen LogP contribution in [0.1, 0.15) is 17.8 Å². The smallest absolute Gasteiger partial charge is 0.0907 e. The van der Waals surface area contributed by atoms with Crippen LogP contribution in [-0.2, 0) is 4.74 Å². The van der Waals surface area contributed by atoms with E-state index in [-0.39, 0.29) is 0 Å². The first-order chi connectivity index (χ1) is 9.63. The number of anilines is 2. The van der Waals surface area contributed by atoms with E-state index in [1.165, 1.54) is 12.8 Å². The Bertz CT molecular complexity index is 606. The molecule has 0 radical (unpaired) electrons. The van der Waals surface area contributed by atoms with Gasteiger partial charge in [-0.05, 0) is 37.8 Å². The molecule has 3 rings (SSSR count). The number of thiazole rings is 1. The van der Waals surface area contributed by atoms with Crippen LogP contribution in [0.5, 0.6) is 0 Å². The molecule has 1 aromatic carbocycles. The van der Waals surface area contributed by atoms with Crippen molar-refractivity contribution in [3.63, 3.8) is 0 Å². The van der Waals surface area contributed by atoms with Gasteiger partial charge in [-0.3, -0.25) is 0 Å². The Labute approximate surface area is 123 Å². The molecule has 1 aliphatic carbocycles. The molecule has 0 saturated heterocycles. The lowest BCUT2D eigenvalue weighted by molar-refractivity contribution is 0.131. The molecule has 108 valence electrons. The summed E-state index contributed by atoms with van der Waals surface area (Å²) < 4.78 is 6.84. The summed E-state index contributed by atoms with van der Waals surface area (Å²) in [6, 6.07) is 4.10. The van der Waals surface area contributed by atoms with Crippen molar-refractivity contribution in [2.75, 3.05) is 37.4 Å². The van der Waals surface area contributed by atoms with Crippen molar-refractivity contribution >= 4 is 32.9 Å². The number of benzene rings is 1. The van der Waals surface area contributed by atoms with Gasteiger partial charge in [0.15, 0.2) is 0 Å². The third-order valence-electron chi connectivity index (χ3n) is 3.68. The number of nitrogen functional groups attached to an aromatic ring is 1. The molecule has 1 saturated carbocycles. The van der Waals surface area contributed by atoms with Crippen LogP contribution in [0.3, 0.4) is 0 Å². The fourth-order valence-electron chi connectivity index (χ4n) is 2.28. The van der Waals surface area contributed by atoms with E-state index < -0.39 is 0 Å². The SMILES string of the molecule is Cc1nc2cc(N(C)CCOCC3CC3)c(N)cc2s1. The van der Waals surface area contributed by atoms with Gasteiger partial charge in [-0.1, -0.05) is 0 Å². The lowest BCUT2D eigenvalue weighted by Crippen LogP contribution is -2.23. The molecule has 1 fully saturated rings. The summed E-state index contributed by atoms with van der Waals surface area (Å²) in [6.45, 7) is 4.54. The number of aryl methyl sites for hydroxylation is 1. The second kappa shape index (κ2) is 5.58. The summed E-state index contributed by atoms with van der Waals surface area (Å²) in [6.07, 6.45) is 2.67. The topological polar surface area (TPSA) is 51.4 Å². The van der Waals surface area contributed by atoms with E-state index in [1.54, 1.807) is 11.3 Å². The van der Waals surface area contributed by atoms with E-state index in [1.807, 2.05) is 13.0 Å². The van der Waals surface area contributed by atoms with E-state index >= 15 is 0 Å². The van der Waals surface area contributed by atoms with Crippen molar-refractivity contribution in [1.82, 2.24) is 4.98 Å². The monoisotopic (exact) mass is 291 g/mol. The minimum atomic E-state index is 0.751. The normalized spacial score (nSPS) is 14.9. The molecule has 0 atom stereocenters. The van der Waals surface area contributed by atoms with Crippen molar-refractivity contribution in [3.8, 4) is 0 Å². The van der Waals surface area contributed by atoms with Gasteiger partial charge in [0.1, 0.15) is 0 Å². The highest BCUT2D eigenvalue weighted by Gasteiger charge is 2.21. The molecule has 20 heavy (non-hydrogen) atoms. The molecule has 5 heteroatoms. The van der Waals surface area contributed by atoms with Crippen LogP contribution in [-0.4, -0.2) is 31.8 Å². The molecule has 0 spiro atoms. The minimum Gasteiger partial charge on any atom is -0.397 e. The second-order valence-corrected chi connectivity index (χ2v) is 6.79. The number of hydrogen-bond acceptors (Lipinski definition) is 5. The number of ether oxygens (including phenoxy) is 1. The highest BCUT2D eigenvalue weighted by Crippen LogP contribution is 2.31. The number of nitrogens with zero attached hydrogens (tertiary/aromatic N) is 2. The average Bonchev–Trinajstić information content (AvgIpc) is 3.15. The summed E-state index contributed by atoms with van der Waals surface area (Å²) in [5.74, 6) is 0.819. The number of aromatic nitrogens is 1. The Kier molecular flexibility index (Phi) is 3.81. The van der Waals surface area contributed by atoms with Gasteiger partial charge in [-0.2, -0.15) is 0 Å². The van der Waals surface area contributed by atoms with Gasteiger partial charge in [-0.15, -0.1) is 11.3 Å². The van der Waals surface area contributed by atoms with E-state index in [4.69, 9.17) is 10.5 Å².